The summed E-state index contributed by atoms with van der Waals surface area (Å²) in [5, 5.41) is 0. The highest BCUT2D eigenvalue weighted by Gasteiger charge is 2.19. The Morgan fingerprint density at radius 3 is 1.00 bits per heavy atom. The lowest BCUT2D eigenvalue weighted by molar-refractivity contribution is -0.166. The average molecular weight is 939 g/mol. The molecule has 0 aliphatic carbocycles. The molecule has 0 fully saturated rings. The standard InChI is InChI=1S/C62H98O6/c1-4-7-10-13-16-19-22-25-27-29-31-33-34-37-40-43-46-49-52-55-61(64)67-58-59(57-66-60(63)54-51-48-45-42-39-36-24-21-18-15-12-9-6-3)68-62(65)56-53-50-47-44-41-38-35-32-30-28-26-23-20-17-14-11-8-5-2/h7,9-10,12,16,18-21,23,25,27-28,30-31,33,36-37,39-40,45,48,59H,4-6,8,11,13-15,17,22,24,26,29,32,34-35,38,41-44,46-47,49-58H2,1-3H3/b10-7-,12-9-,19-16-,21-18-,23-20-,27-25-,30-28-,33-31-,39-36-,40-37-,48-45-. The molecule has 0 aromatic heterocycles. The molecule has 1 atom stereocenters. The van der Waals surface area contributed by atoms with Gasteiger partial charge in [0.1, 0.15) is 13.2 Å². The van der Waals surface area contributed by atoms with Gasteiger partial charge in [-0.05, 0) is 122 Å². The van der Waals surface area contributed by atoms with E-state index in [0.717, 1.165) is 116 Å². The van der Waals surface area contributed by atoms with E-state index < -0.39 is 6.10 Å². The summed E-state index contributed by atoms with van der Waals surface area (Å²) in [6.07, 6.45) is 77.3. The third kappa shape index (κ3) is 52.5. The molecule has 0 aromatic rings. The number of hydrogen-bond acceptors (Lipinski definition) is 6. The summed E-state index contributed by atoms with van der Waals surface area (Å²) in [7, 11) is 0. The molecule has 0 N–H and O–H groups in total. The number of unbranched alkanes of at least 4 members (excludes halogenated alkanes) is 14. The molecule has 1 unspecified atom stereocenters. The van der Waals surface area contributed by atoms with Crippen molar-refractivity contribution >= 4 is 17.9 Å². The summed E-state index contributed by atoms with van der Waals surface area (Å²) in [4.78, 5) is 38.0. The Morgan fingerprint density at radius 1 is 0.309 bits per heavy atom. The number of ether oxygens (including phenoxy) is 3. The van der Waals surface area contributed by atoms with Crippen molar-refractivity contribution in [1.29, 1.82) is 0 Å². The van der Waals surface area contributed by atoms with Gasteiger partial charge in [-0.3, -0.25) is 14.4 Å². The maximum absolute atomic E-state index is 12.8. The van der Waals surface area contributed by atoms with Crippen LogP contribution in [0.1, 0.15) is 220 Å². The van der Waals surface area contributed by atoms with E-state index in [-0.39, 0.29) is 37.5 Å². The second-order valence-corrected chi connectivity index (χ2v) is 17.4. The Labute approximate surface area is 417 Å². The van der Waals surface area contributed by atoms with Crippen LogP contribution >= 0.6 is 0 Å². The average Bonchev–Trinajstić information content (AvgIpc) is 3.34. The molecule has 68 heavy (non-hydrogen) atoms. The molecule has 0 saturated carbocycles. The molecule has 6 nitrogen and oxygen atoms in total. The highest BCUT2D eigenvalue weighted by atomic mass is 16.6. The third-order valence-corrected chi connectivity index (χ3v) is 10.9. The SMILES string of the molecule is CC/C=C\C/C=C\C/C=C\C/C=C\C/C=C\CCCCCC(=O)OCC(COC(=O)CC/C=C\C/C=C\C/C=C\C/C=C\CC)OC(=O)CCCCCCCCC/C=C\C/C=C\CCCCCC. The monoisotopic (exact) mass is 939 g/mol. The highest BCUT2D eigenvalue weighted by molar-refractivity contribution is 5.71. The molecule has 0 aliphatic heterocycles. The third-order valence-electron chi connectivity index (χ3n) is 10.9. The van der Waals surface area contributed by atoms with Gasteiger partial charge in [0, 0.05) is 19.3 Å². The minimum Gasteiger partial charge on any atom is -0.462 e. The van der Waals surface area contributed by atoms with Crippen LogP contribution in [-0.2, 0) is 28.6 Å². The van der Waals surface area contributed by atoms with E-state index in [0.29, 0.717) is 19.3 Å². The van der Waals surface area contributed by atoms with Crippen LogP contribution in [0.25, 0.3) is 0 Å². The first-order valence-corrected chi connectivity index (χ1v) is 27.2. The molecule has 0 rings (SSSR count). The topological polar surface area (TPSA) is 78.9 Å². The molecule has 0 saturated heterocycles. The smallest absolute Gasteiger partial charge is 0.306 e. The van der Waals surface area contributed by atoms with Crippen molar-refractivity contribution in [3.63, 3.8) is 0 Å². The van der Waals surface area contributed by atoms with E-state index in [9.17, 15) is 14.4 Å². The minimum absolute atomic E-state index is 0.125. The van der Waals surface area contributed by atoms with Gasteiger partial charge >= 0.3 is 17.9 Å². The summed E-state index contributed by atoms with van der Waals surface area (Å²) in [5.41, 5.74) is 0. The van der Waals surface area contributed by atoms with Gasteiger partial charge in [0.05, 0.1) is 0 Å². The lowest BCUT2D eigenvalue weighted by Crippen LogP contribution is -2.30. The number of rotatable bonds is 47. The van der Waals surface area contributed by atoms with Gasteiger partial charge < -0.3 is 14.2 Å². The molecule has 0 spiro atoms. The van der Waals surface area contributed by atoms with Gasteiger partial charge in [0.15, 0.2) is 6.10 Å². The van der Waals surface area contributed by atoms with Crippen LogP contribution in [0.2, 0.25) is 0 Å². The molecule has 0 radical (unpaired) electrons. The fraction of sp³-hybridized carbons (Fsp3) is 0.597. The Bertz CT molecular complexity index is 1500. The van der Waals surface area contributed by atoms with Crippen LogP contribution in [-0.4, -0.2) is 37.2 Å². The summed E-state index contributed by atoms with van der Waals surface area (Å²) in [6, 6.07) is 0. The zero-order chi connectivity index (χ0) is 49.3. The largest absolute Gasteiger partial charge is 0.462 e. The molecule has 382 valence electrons. The van der Waals surface area contributed by atoms with Crippen LogP contribution in [0.4, 0.5) is 0 Å². The number of esters is 3. The van der Waals surface area contributed by atoms with E-state index in [1.54, 1.807) is 0 Å². The minimum atomic E-state index is -0.830. The molecular formula is C62H98O6. The van der Waals surface area contributed by atoms with Crippen molar-refractivity contribution in [3.8, 4) is 0 Å². The van der Waals surface area contributed by atoms with Gasteiger partial charge in [-0.25, -0.2) is 0 Å². The Kier molecular flexibility index (Phi) is 51.5. The Hall–Kier alpha value is -4.45. The van der Waals surface area contributed by atoms with Gasteiger partial charge in [0.25, 0.3) is 0 Å². The van der Waals surface area contributed by atoms with Crippen LogP contribution in [0.15, 0.2) is 134 Å². The number of allylic oxidation sites excluding steroid dienone is 22. The quantitative estimate of drug-likeness (QED) is 0.0262. The predicted octanol–water partition coefficient (Wildman–Crippen LogP) is 18.3. The zero-order valence-corrected chi connectivity index (χ0v) is 43.6. The molecule has 0 aromatic carbocycles. The van der Waals surface area contributed by atoms with Crippen LogP contribution < -0.4 is 0 Å². The van der Waals surface area contributed by atoms with Crippen molar-refractivity contribution in [2.75, 3.05) is 13.2 Å². The molecule has 0 amide bonds. The lowest BCUT2D eigenvalue weighted by Gasteiger charge is -2.18. The van der Waals surface area contributed by atoms with Gasteiger partial charge in [-0.1, -0.05) is 212 Å². The second-order valence-electron chi connectivity index (χ2n) is 17.4. The second kappa shape index (κ2) is 55.1. The van der Waals surface area contributed by atoms with E-state index in [1.807, 2.05) is 12.2 Å². The summed E-state index contributed by atoms with van der Waals surface area (Å²) >= 11 is 0. The molecule has 6 heteroatoms. The Balaban J connectivity index is 4.55. The maximum atomic E-state index is 12.8. The van der Waals surface area contributed by atoms with Gasteiger partial charge in [0.2, 0.25) is 0 Å². The van der Waals surface area contributed by atoms with Crippen LogP contribution in [0.3, 0.4) is 0 Å². The van der Waals surface area contributed by atoms with E-state index in [4.69, 9.17) is 14.2 Å². The van der Waals surface area contributed by atoms with Crippen molar-refractivity contribution in [2.45, 2.75) is 226 Å². The van der Waals surface area contributed by atoms with E-state index >= 15 is 0 Å². The normalized spacial score (nSPS) is 13.2. The molecule has 0 bridgehead atoms. The fourth-order valence-corrected chi connectivity index (χ4v) is 6.86. The summed E-state index contributed by atoms with van der Waals surface area (Å²) in [5.74, 6) is -1.05. The number of hydrogen-bond donors (Lipinski definition) is 0. The summed E-state index contributed by atoms with van der Waals surface area (Å²) in [6.45, 7) is 6.28. The maximum Gasteiger partial charge on any atom is 0.306 e. The Morgan fingerprint density at radius 2 is 0.603 bits per heavy atom. The van der Waals surface area contributed by atoms with Crippen molar-refractivity contribution in [1.82, 2.24) is 0 Å². The van der Waals surface area contributed by atoms with Crippen LogP contribution in [0.5, 0.6) is 0 Å². The first kappa shape index (κ1) is 63.5. The van der Waals surface area contributed by atoms with E-state index in [1.165, 1.54) is 57.8 Å². The van der Waals surface area contributed by atoms with Crippen molar-refractivity contribution in [2.24, 2.45) is 0 Å². The number of carbonyl (C=O) groups excluding carboxylic acids is 3. The summed E-state index contributed by atoms with van der Waals surface area (Å²) < 4.78 is 16.7. The first-order valence-electron chi connectivity index (χ1n) is 27.2. The van der Waals surface area contributed by atoms with Crippen LogP contribution in [0, 0.1) is 0 Å². The molecule has 0 heterocycles. The number of carbonyl (C=O) groups is 3. The highest BCUT2D eigenvalue weighted by Crippen LogP contribution is 2.13. The van der Waals surface area contributed by atoms with Gasteiger partial charge in [-0.15, -0.1) is 0 Å². The van der Waals surface area contributed by atoms with E-state index in [2.05, 4.69) is 142 Å². The fourth-order valence-electron chi connectivity index (χ4n) is 6.86. The lowest BCUT2D eigenvalue weighted by atomic mass is 10.1. The zero-order valence-electron chi connectivity index (χ0n) is 43.6. The van der Waals surface area contributed by atoms with Crippen molar-refractivity contribution in [3.05, 3.63) is 134 Å². The van der Waals surface area contributed by atoms with Crippen molar-refractivity contribution < 1.29 is 28.6 Å². The molecule has 0 aliphatic rings. The predicted molar refractivity (Wildman–Crippen MR) is 292 cm³/mol. The first-order chi connectivity index (χ1) is 33.5. The molecular weight excluding hydrogens is 841 g/mol. The van der Waals surface area contributed by atoms with Gasteiger partial charge in [-0.2, -0.15) is 0 Å².